The zero-order valence-electron chi connectivity index (χ0n) is 15.1. The molecule has 0 saturated carbocycles. The van der Waals surface area contributed by atoms with E-state index in [1.807, 2.05) is 36.4 Å². The van der Waals surface area contributed by atoms with E-state index in [4.69, 9.17) is 9.47 Å². The Labute approximate surface area is 150 Å². The summed E-state index contributed by atoms with van der Waals surface area (Å²) in [6, 6.07) is 15.9. The van der Waals surface area contributed by atoms with E-state index in [1.165, 1.54) is 5.56 Å². The Balaban J connectivity index is 1.87. The standard InChI is InChI=1S/C21H27NO3/c1-17-3-5-18(6-4-17)21(23,11-12-22-13-15-25-16-14-22)19-7-9-20(24-2)10-8-19/h3-10,23H,11-16H2,1-2H3/t21-/m0/s1. The lowest BCUT2D eigenvalue weighted by Crippen LogP contribution is -2.40. The Morgan fingerprint density at radius 1 is 1.00 bits per heavy atom. The van der Waals surface area contributed by atoms with E-state index < -0.39 is 5.60 Å². The minimum atomic E-state index is -1.02. The molecule has 4 heteroatoms. The van der Waals surface area contributed by atoms with Crippen molar-refractivity contribution in [3.8, 4) is 5.75 Å². The van der Waals surface area contributed by atoms with Crippen molar-refractivity contribution in [1.82, 2.24) is 4.90 Å². The van der Waals surface area contributed by atoms with Gasteiger partial charge < -0.3 is 14.6 Å². The van der Waals surface area contributed by atoms with Crippen LogP contribution in [0.2, 0.25) is 0 Å². The first kappa shape index (κ1) is 17.9. The van der Waals surface area contributed by atoms with Crippen LogP contribution in [0.5, 0.6) is 5.75 Å². The summed E-state index contributed by atoms with van der Waals surface area (Å²) in [6.45, 7) is 6.28. The number of aryl methyl sites for hydroxylation is 1. The van der Waals surface area contributed by atoms with Gasteiger partial charge in [-0.2, -0.15) is 0 Å². The molecule has 1 aliphatic rings. The summed E-state index contributed by atoms with van der Waals surface area (Å²) >= 11 is 0. The summed E-state index contributed by atoms with van der Waals surface area (Å²) < 4.78 is 10.7. The maximum Gasteiger partial charge on any atom is 0.118 e. The molecule has 4 nitrogen and oxygen atoms in total. The van der Waals surface area contributed by atoms with Crippen LogP contribution in [0.3, 0.4) is 0 Å². The molecule has 0 aliphatic carbocycles. The second-order valence-corrected chi connectivity index (χ2v) is 6.66. The lowest BCUT2D eigenvalue weighted by atomic mass is 9.83. The van der Waals surface area contributed by atoms with Crippen molar-refractivity contribution in [3.63, 3.8) is 0 Å². The van der Waals surface area contributed by atoms with E-state index in [9.17, 15) is 5.11 Å². The molecule has 2 aromatic rings. The number of aliphatic hydroxyl groups is 1. The smallest absolute Gasteiger partial charge is 0.118 e. The lowest BCUT2D eigenvalue weighted by molar-refractivity contribution is 0.0143. The molecule has 0 radical (unpaired) electrons. The third-order valence-electron chi connectivity index (χ3n) is 4.99. The van der Waals surface area contributed by atoms with Gasteiger partial charge in [-0.15, -0.1) is 0 Å². The van der Waals surface area contributed by atoms with Crippen molar-refractivity contribution >= 4 is 0 Å². The van der Waals surface area contributed by atoms with Crippen LogP contribution in [0.25, 0.3) is 0 Å². The molecular weight excluding hydrogens is 314 g/mol. The predicted molar refractivity (Wildman–Crippen MR) is 99.0 cm³/mol. The molecule has 1 atom stereocenters. The molecule has 1 heterocycles. The first-order valence-electron chi connectivity index (χ1n) is 8.86. The van der Waals surface area contributed by atoms with Crippen LogP contribution >= 0.6 is 0 Å². The Hall–Kier alpha value is -1.88. The quantitative estimate of drug-likeness (QED) is 0.877. The number of hydrogen-bond donors (Lipinski definition) is 1. The van der Waals surface area contributed by atoms with Crippen LogP contribution in [0.4, 0.5) is 0 Å². The van der Waals surface area contributed by atoms with Gasteiger partial charge in [0.15, 0.2) is 0 Å². The molecular formula is C21H27NO3. The molecule has 2 aromatic carbocycles. The van der Waals surface area contributed by atoms with Gasteiger partial charge in [0.25, 0.3) is 0 Å². The Morgan fingerprint density at radius 3 is 2.12 bits per heavy atom. The monoisotopic (exact) mass is 341 g/mol. The zero-order valence-corrected chi connectivity index (χ0v) is 15.1. The van der Waals surface area contributed by atoms with E-state index in [0.29, 0.717) is 6.42 Å². The number of rotatable bonds is 6. The van der Waals surface area contributed by atoms with Crippen LogP contribution in [0.15, 0.2) is 48.5 Å². The molecule has 1 N–H and O–H groups in total. The molecule has 1 aliphatic heterocycles. The van der Waals surface area contributed by atoms with E-state index in [2.05, 4.69) is 24.0 Å². The molecule has 0 amide bonds. The Kier molecular flexibility index (Phi) is 5.74. The van der Waals surface area contributed by atoms with Gasteiger partial charge in [0.1, 0.15) is 11.4 Å². The van der Waals surface area contributed by atoms with Gasteiger partial charge >= 0.3 is 0 Å². The van der Waals surface area contributed by atoms with Crippen LogP contribution in [-0.2, 0) is 10.3 Å². The molecule has 1 saturated heterocycles. The van der Waals surface area contributed by atoms with E-state index >= 15 is 0 Å². The molecule has 0 aromatic heterocycles. The second kappa shape index (κ2) is 8.00. The van der Waals surface area contributed by atoms with Crippen LogP contribution in [0.1, 0.15) is 23.1 Å². The normalized spacial score (nSPS) is 17.9. The molecule has 25 heavy (non-hydrogen) atoms. The van der Waals surface area contributed by atoms with Gasteiger partial charge in [-0.1, -0.05) is 42.0 Å². The highest BCUT2D eigenvalue weighted by Crippen LogP contribution is 2.34. The average Bonchev–Trinajstić information content (AvgIpc) is 2.67. The van der Waals surface area contributed by atoms with Crippen LogP contribution in [0, 0.1) is 6.92 Å². The summed E-state index contributed by atoms with van der Waals surface area (Å²) in [5.41, 5.74) is 1.99. The number of hydrogen-bond acceptors (Lipinski definition) is 4. The molecule has 0 unspecified atom stereocenters. The van der Waals surface area contributed by atoms with Gasteiger partial charge in [0.2, 0.25) is 0 Å². The summed E-state index contributed by atoms with van der Waals surface area (Å²) in [6.07, 6.45) is 0.641. The second-order valence-electron chi connectivity index (χ2n) is 6.66. The maximum absolute atomic E-state index is 11.6. The minimum absolute atomic E-state index is 0.641. The summed E-state index contributed by atoms with van der Waals surface area (Å²) in [5, 5.41) is 11.6. The first-order valence-corrected chi connectivity index (χ1v) is 8.86. The molecule has 3 rings (SSSR count). The van der Waals surface area contributed by atoms with Crippen molar-refractivity contribution in [2.24, 2.45) is 0 Å². The molecule has 0 spiro atoms. The van der Waals surface area contributed by atoms with Crippen molar-refractivity contribution in [1.29, 1.82) is 0 Å². The fourth-order valence-corrected chi connectivity index (χ4v) is 3.30. The predicted octanol–water partition coefficient (Wildman–Crippen LogP) is 2.96. The number of benzene rings is 2. The highest BCUT2D eigenvalue weighted by atomic mass is 16.5. The SMILES string of the molecule is COc1ccc([C@](O)(CCN2CCOCC2)c2ccc(C)cc2)cc1. The third-order valence-corrected chi connectivity index (χ3v) is 4.99. The fraction of sp³-hybridized carbons (Fsp3) is 0.429. The zero-order chi connectivity index (χ0) is 17.7. The largest absolute Gasteiger partial charge is 0.497 e. The summed E-state index contributed by atoms with van der Waals surface area (Å²) in [5.74, 6) is 0.795. The van der Waals surface area contributed by atoms with E-state index in [-0.39, 0.29) is 0 Å². The highest BCUT2D eigenvalue weighted by molar-refractivity contribution is 5.39. The van der Waals surface area contributed by atoms with Crippen molar-refractivity contribution in [2.75, 3.05) is 40.0 Å². The number of nitrogens with zero attached hydrogens (tertiary/aromatic N) is 1. The average molecular weight is 341 g/mol. The lowest BCUT2D eigenvalue weighted by Gasteiger charge is -2.34. The van der Waals surface area contributed by atoms with E-state index in [1.54, 1.807) is 7.11 Å². The van der Waals surface area contributed by atoms with Crippen molar-refractivity contribution in [3.05, 3.63) is 65.2 Å². The third kappa shape index (κ3) is 4.21. The van der Waals surface area contributed by atoms with E-state index in [0.717, 1.165) is 49.7 Å². The Morgan fingerprint density at radius 2 is 1.56 bits per heavy atom. The topological polar surface area (TPSA) is 41.9 Å². The number of morpholine rings is 1. The fourth-order valence-electron chi connectivity index (χ4n) is 3.30. The van der Waals surface area contributed by atoms with Gasteiger partial charge in [0, 0.05) is 19.6 Å². The number of ether oxygens (including phenoxy) is 2. The highest BCUT2D eigenvalue weighted by Gasteiger charge is 2.32. The summed E-state index contributed by atoms with van der Waals surface area (Å²) in [7, 11) is 1.65. The van der Waals surface area contributed by atoms with Gasteiger partial charge in [-0.05, 0) is 36.6 Å². The number of methoxy groups -OCH3 is 1. The molecule has 1 fully saturated rings. The van der Waals surface area contributed by atoms with Crippen molar-refractivity contribution < 1.29 is 14.6 Å². The summed E-state index contributed by atoms with van der Waals surface area (Å²) in [4.78, 5) is 2.35. The van der Waals surface area contributed by atoms with Crippen LogP contribution < -0.4 is 4.74 Å². The van der Waals surface area contributed by atoms with Crippen molar-refractivity contribution in [2.45, 2.75) is 18.9 Å². The van der Waals surface area contributed by atoms with Gasteiger partial charge in [-0.3, -0.25) is 4.90 Å². The van der Waals surface area contributed by atoms with Gasteiger partial charge in [-0.25, -0.2) is 0 Å². The minimum Gasteiger partial charge on any atom is -0.497 e. The van der Waals surface area contributed by atoms with Gasteiger partial charge in [0.05, 0.1) is 20.3 Å². The molecule has 134 valence electrons. The molecule has 0 bridgehead atoms. The van der Waals surface area contributed by atoms with Crippen LogP contribution in [-0.4, -0.2) is 50.0 Å². The first-order chi connectivity index (χ1) is 12.1. The Bertz CT molecular complexity index is 663. The maximum atomic E-state index is 11.6.